The van der Waals surface area contributed by atoms with E-state index in [0.29, 0.717) is 22.3 Å². The lowest BCUT2D eigenvalue weighted by molar-refractivity contribution is -0.384. The first-order chi connectivity index (χ1) is 14.9. The fourth-order valence-corrected chi connectivity index (χ4v) is 2.69. The van der Waals surface area contributed by atoms with Gasteiger partial charge in [0.25, 0.3) is 11.2 Å². The summed E-state index contributed by atoms with van der Waals surface area (Å²) in [5, 5.41) is 19.7. The number of hydrogen-bond acceptors (Lipinski definition) is 6. The molecule has 0 bridgehead atoms. The number of rotatable bonds is 5. The van der Waals surface area contributed by atoms with Crippen LogP contribution in [0.3, 0.4) is 0 Å². The van der Waals surface area contributed by atoms with Gasteiger partial charge in [0.05, 0.1) is 17.0 Å². The maximum atomic E-state index is 13.1. The zero-order chi connectivity index (χ0) is 23.7. The summed E-state index contributed by atoms with van der Waals surface area (Å²) in [6.45, 7) is -0.422. The molecule has 3 rings (SSSR count). The van der Waals surface area contributed by atoms with Gasteiger partial charge in [-0.2, -0.15) is 26.3 Å². The molecule has 8 nitrogen and oxygen atoms in total. The second kappa shape index (κ2) is 8.28. The van der Waals surface area contributed by atoms with Crippen LogP contribution in [0.15, 0.2) is 53.3 Å². The lowest BCUT2D eigenvalue weighted by Crippen LogP contribution is -2.33. The largest absolute Gasteiger partial charge is 0.440 e. The molecule has 0 aliphatic heterocycles. The highest BCUT2D eigenvalue weighted by atomic mass is 19.4. The molecule has 1 N–H and O–H groups in total. The van der Waals surface area contributed by atoms with Crippen molar-refractivity contribution < 1.29 is 31.3 Å². The van der Waals surface area contributed by atoms with Gasteiger partial charge in [0.15, 0.2) is 0 Å². The van der Waals surface area contributed by atoms with E-state index in [1.165, 1.54) is 12.1 Å². The molecule has 1 aromatic heterocycles. The molecule has 0 aliphatic carbocycles. The monoisotopic (exact) mass is 459 g/mol. The Morgan fingerprint density at radius 3 is 2.19 bits per heavy atom. The second-order valence-electron chi connectivity index (χ2n) is 6.36. The number of halogens is 6. The fourth-order valence-electron chi connectivity index (χ4n) is 2.69. The van der Waals surface area contributed by atoms with Gasteiger partial charge < -0.3 is 5.32 Å². The molecule has 0 saturated heterocycles. The molecule has 0 spiro atoms. The van der Waals surface area contributed by atoms with Crippen LogP contribution in [0.4, 0.5) is 43.7 Å². The minimum absolute atomic E-state index is 0.249. The van der Waals surface area contributed by atoms with Gasteiger partial charge in [0.1, 0.15) is 5.69 Å². The third-order valence-corrected chi connectivity index (χ3v) is 4.17. The van der Waals surface area contributed by atoms with Gasteiger partial charge in [-0.05, 0) is 17.7 Å². The smallest absolute Gasteiger partial charge is 0.318 e. The van der Waals surface area contributed by atoms with Crippen LogP contribution in [-0.4, -0.2) is 19.7 Å². The van der Waals surface area contributed by atoms with Crippen molar-refractivity contribution in [2.75, 3.05) is 5.32 Å². The Labute approximate surface area is 174 Å². The van der Waals surface area contributed by atoms with Gasteiger partial charge in [-0.25, -0.2) is 0 Å². The summed E-state index contributed by atoms with van der Waals surface area (Å²) in [5.41, 5.74) is -5.89. The molecule has 0 radical (unpaired) electrons. The number of nitro groups is 1. The summed E-state index contributed by atoms with van der Waals surface area (Å²) in [6.07, 6.45) is -9.99. The predicted molar refractivity (Wildman–Crippen MR) is 98.2 cm³/mol. The van der Waals surface area contributed by atoms with Crippen molar-refractivity contribution in [3.63, 3.8) is 0 Å². The average Bonchev–Trinajstić information content (AvgIpc) is 2.69. The first kappa shape index (κ1) is 22.7. The average molecular weight is 459 g/mol. The van der Waals surface area contributed by atoms with Crippen molar-refractivity contribution in [2.45, 2.75) is 18.9 Å². The van der Waals surface area contributed by atoms with Gasteiger partial charge in [-0.3, -0.25) is 19.5 Å². The molecule has 1 heterocycles. The highest BCUT2D eigenvalue weighted by Gasteiger charge is 2.38. The van der Waals surface area contributed by atoms with E-state index in [1.807, 2.05) is 0 Å². The van der Waals surface area contributed by atoms with Gasteiger partial charge in [0, 0.05) is 6.07 Å². The minimum atomic E-state index is -5.12. The van der Waals surface area contributed by atoms with Crippen molar-refractivity contribution in [1.82, 2.24) is 14.8 Å². The molecule has 3 aromatic rings. The molecule has 0 unspecified atom stereocenters. The predicted octanol–water partition coefficient (Wildman–Crippen LogP) is 4.38. The topological polar surface area (TPSA) is 103 Å². The number of aromatic nitrogens is 3. The Bertz CT molecular complexity index is 1210. The lowest BCUT2D eigenvalue weighted by Gasteiger charge is -2.15. The van der Waals surface area contributed by atoms with E-state index in [9.17, 15) is 41.3 Å². The van der Waals surface area contributed by atoms with Crippen LogP contribution < -0.4 is 10.9 Å². The Hall–Kier alpha value is -3.97. The van der Waals surface area contributed by atoms with Crippen LogP contribution in [-0.2, 0) is 18.9 Å². The first-order valence-electron chi connectivity index (χ1n) is 8.59. The van der Waals surface area contributed by atoms with Crippen LogP contribution >= 0.6 is 0 Å². The van der Waals surface area contributed by atoms with Gasteiger partial charge >= 0.3 is 12.4 Å². The van der Waals surface area contributed by atoms with Crippen LogP contribution in [0, 0.1) is 10.1 Å². The van der Waals surface area contributed by atoms with E-state index in [4.69, 9.17) is 0 Å². The summed E-state index contributed by atoms with van der Waals surface area (Å²) < 4.78 is 78.6. The Balaban J connectivity index is 2.13. The van der Waals surface area contributed by atoms with Gasteiger partial charge in [0.2, 0.25) is 11.6 Å². The highest BCUT2D eigenvalue weighted by molar-refractivity contribution is 5.67. The Morgan fingerprint density at radius 1 is 0.969 bits per heavy atom. The Morgan fingerprint density at radius 2 is 1.62 bits per heavy atom. The maximum Gasteiger partial charge on any atom is 0.440 e. The highest BCUT2D eigenvalue weighted by Crippen LogP contribution is 2.36. The van der Waals surface area contributed by atoms with Crippen molar-refractivity contribution in [2.24, 2.45) is 0 Å². The SMILES string of the molecule is O=c1c(C(F)(F)F)nnc(Nc2ccc(C(F)(F)F)cc2[N+](=O)[O-])n1Cc1ccccc1. The number of nitrogens with zero attached hydrogens (tertiary/aromatic N) is 4. The number of alkyl halides is 6. The van der Waals surface area contributed by atoms with Crippen LogP contribution in [0.2, 0.25) is 0 Å². The summed E-state index contributed by atoms with van der Waals surface area (Å²) in [4.78, 5) is 22.6. The molecule has 0 saturated carbocycles. The molecule has 0 amide bonds. The number of hydrogen-bond donors (Lipinski definition) is 1. The standard InChI is InChI=1S/C18H11F6N5O3/c19-17(20,21)11-6-7-12(13(8-11)29(31)32)25-16-27-26-14(18(22,23)24)15(30)28(16)9-10-4-2-1-3-5-10/h1-8H,9H2,(H,25,27). The molecule has 2 aromatic carbocycles. The van der Waals surface area contributed by atoms with E-state index in [2.05, 4.69) is 15.5 Å². The number of anilines is 2. The van der Waals surface area contributed by atoms with E-state index in [1.54, 1.807) is 18.2 Å². The zero-order valence-corrected chi connectivity index (χ0v) is 15.6. The van der Waals surface area contributed by atoms with Crippen molar-refractivity contribution in [3.8, 4) is 0 Å². The summed E-state index contributed by atoms with van der Waals surface area (Å²) in [7, 11) is 0. The second-order valence-corrected chi connectivity index (χ2v) is 6.36. The number of nitrogens with one attached hydrogen (secondary N) is 1. The van der Waals surface area contributed by atoms with Gasteiger partial charge in [-0.15, -0.1) is 10.2 Å². The summed E-state index contributed by atoms with van der Waals surface area (Å²) in [6, 6.07) is 9.25. The maximum absolute atomic E-state index is 13.1. The first-order valence-corrected chi connectivity index (χ1v) is 8.59. The summed E-state index contributed by atoms with van der Waals surface area (Å²) in [5.74, 6) is -0.630. The fraction of sp³-hybridized carbons (Fsp3) is 0.167. The molecular formula is C18H11F6N5O3. The number of benzene rings is 2. The minimum Gasteiger partial charge on any atom is -0.318 e. The quantitative estimate of drug-likeness (QED) is 0.345. The third kappa shape index (κ3) is 4.84. The van der Waals surface area contributed by atoms with Crippen LogP contribution in [0.25, 0.3) is 0 Å². The molecular weight excluding hydrogens is 448 g/mol. The molecule has 0 atom stereocenters. The summed E-state index contributed by atoms with van der Waals surface area (Å²) >= 11 is 0. The van der Waals surface area contributed by atoms with E-state index in [0.717, 1.165) is 0 Å². The normalized spacial score (nSPS) is 11.9. The zero-order valence-electron chi connectivity index (χ0n) is 15.6. The molecule has 0 fully saturated rings. The van der Waals surface area contributed by atoms with Crippen molar-refractivity contribution >= 4 is 17.3 Å². The van der Waals surface area contributed by atoms with Crippen LogP contribution in [0.1, 0.15) is 16.8 Å². The van der Waals surface area contributed by atoms with Crippen molar-refractivity contribution in [3.05, 3.63) is 85.8 Å². The van der Waals surface area contributed by atoms with E-state index < -0.39 is 58.0 Å². The molecule has 168 valence electrons. The Kier molecular flexibility index (Phi) is 5.88. The van der Waals surface area contributed by atoms with Crippen LogP contribution in [0.5, 0.6) is 0 Å². The van der Waals surface area contributed by atoms with Gasteiger partial charge in [-0.1, -0.05) is 30.3 Å². The van der Waals surface area contributed by atoms with E-state index >= 15 is 0 Å². The third-order valence-electron chi connectivity index (χ3n) is 4.17. The molecule has 32 heavy (non-hydrogen) atoms. The molecule has 0 aliphatic rings. The number of nitro benzene ring substituents is 1. The van der Waals surface area contributed by atoms with E-state index in [-0.39, 0.29) is 6.07 Å². The molecule has 14 heteroatoms. The van der Waals surface area contributed by atoms with Crippen molar-refractivity contribution in [1.29, 1.82) is 0 Å². The lowest BCUT2D eigenvalue weighted by atomic mass is 10.1.